The minimum Gasteiger partial charge on any atom is -0.261 e. The number of rotatable bonds is 3. The Morgan fingerprint density at radius 1 is 1.00 bits per heavy atom. The highest BCUT2D eigenvalue weighted by Crippen LogP contribution is 2.18. The predicted octanol–water partition coefficient (Wildman–Crippen LogP) is 3.84. The zero-order chi connectivity index (χ0) is 13.8. The van der Waals surface area contributed by atoms with Gasteiger partial charge in [0.05, 0.1) is 11.7 Å². The van der Waals surface area contributed by atoms with E-state index in [1.165, 1.54) is 6.33 Å². The second-order valence-electron chi connectivity index (χ2n) is 4.16. The third kappa shape index (κ3) is 2.83. The van der Waals surface area contributed by atoms with Crippen molar-refractivity contribution in [1.29, 1.82) is 0 Å². The van der Waals surface area contributed by atoms with Crippen molar-refractivity contribution in [3.63, 3.8) is 0 Å². The normalized spacial score (nSPS) is 11.1. The van der Waals surface area contributed by atoms with Crippen LogP contribution in [0.2, 0.25) is 0 Å². The molecule has 0 saturated carbocycles. The summed E-state index contributed by atoms with van der Waals surface area (Å²) in [5, 5.41) is 5.16. The highest BCUT2D eigenvalue weighted by molar-refractivity contribution is 9.10. The Kier molecular flexibility index (Phi) is 3.69. The van der Waals surface area contributed by atoms with E-state index in [1.807, 2.05) is 48.5 Å². The van der Waals surface area contributed by atoms with Crippen molar-refractivity contribution in [3.05, 3.63) is 64.9 Å². The molecule has 98 valence electrons. The van der Waals surface area contributed by atoms with E-state index in [0.29, 0.717) is 5.82 Å². The first-order valence-electron chi connectivity index (χ1n) is 6.07. The molecular weight excluding hydrogens is 316 g/mol. The van der Waals surface area contributed by atoms with Gasteiger partial charge < -0.3 is 0 Å². The minimum atomic E-state index is 0.698. The molecule has 3 aromatic rings. The van der Waals surface area contributed by atoms with Crippen LogP contribution in [0, 0.1) is 0 Å². The van der Waals surface area contributed by atoms with Crippen molar-refractivity contribution in [2.24, 2.45) is 5.10 Å². The summed E-state index contributed by atoms with van der Waals surface area (Å²) in [6.45, 7) is 0. The van der Waals surface area contributed by atoms with Crippen LogP contribution in [0.4, 0.5) is 5.82 Å². The van der Waals surface area contributed by atoms with Crippen LogP contribution in [-0.2, 0) is 0 Å². The number of hydrogen-bond donors (Lipinski definition) is 1. The monoisotopic (exact) mass is 326 g/mol. The number of nitrogens with zero attached hydrogens (tertiary/aromatic N) is 3. The van der Waals surface area contributed by atoms with Crippen LogP contribution in [0.5, 0.6) is 0 Å². The molecule has 2 aromatic carbocycles. The lowest BCUT2D eigenvalue weighted by molar-refractivity contribution is 1.18. The summed E-state index contributed by atoms with van der Waals surface area (Å²) < 4.78 is 1.05. The molecule has 4 nitrogen and oxygen atoms in total. The molecule has 3 rings (SSSR count). The summed E-state index contributed by atoms with van der Waals surface area (Å²) in [6.07, 6.45) is 3.28. The number of nitrogens with one attached hydrogen (secondary N) is 1. The van der Waals surface area contributed by atoms with Crippen molar-refractivity contribution in [2.45, 2.75) is 0 Å². The molecule has 0 atom stereocenters. The van der Waals surface area contributed by atoms with E-state index in [-0.39, 0.29) is 0 Å². The van der Waals surface area contributed by atoms with Crippen LogP contribution in [-0.4, -0.2) is 16.2 Å². The number of hydrazone groups is 1. The van der Waals surface area contributed by atoms with E-state index in [9.17, 15) is 0 Å². The van der Waals surface area contributed by atoms with Crippen molar-refractivity contribution in [3.8, 4) is 0 Å². The maximum absolute atomic E-state index is 4.21. The maximum atomic E-state index is 4.21. The smallest absolute Gasteiger partial charge is 0.157 e. The number of anilines is 1. The molecule has 1 heterocycles. The molecule has 1 aromatic heterocycles. The summed E-state index contributed by atoms with van der Waals surface area (Å²) in [5.41, 5.74) is 4.86. The first kappa shape index (κ1) is 12.7. The zero-order valence-electron chi connectivity index (χ0n) is 10.5. The predicted molar refractivity (Wildman–Crippen MR) is 84.9 cm³/mol. The van der Waals surface area contributed by atoms with Gasteiger partial charge in [0.2, 0.25) is 0 Å². The molecule has 0 spiro atoms. The van der Waals surface area contributed by atoms with Gasteiger partial charge in [0.25, 0.3) is 0 Å². The van der Waals surface area contributed by atoms with Crippen LogP contribution in [0.3, 0.4) is 0 Å². The maximum Gasteiger partial charge on any atom is 0.157 e. The summed E-state index contributed by atoms with van der Waals surface area (Å²) in [5.74, 6) is 0.698. The summed E-state index contributed by atoms with van der Waals surface area (Å²) in [7, 11) is 0. The van der Waals surface area contributed by atoms with E-state index in [4.69, 9.17) is 0 Å². The average Bonchev–Trinajstić information content (AvgIpc) is 2.49. The van der Waals surface area contributed by atoms with E-state index in [1.54, 1.807) is 6.21 Å². The summed E-state index contributed by atoms with van der Waals surface area (Å²) in [4.78, 5) is 8.42. The van der Waals surface area contributed by atoms with Gasteiger partial charge in [0.15, 0.2) is 5.82 Å². The zero-order valence-corrected chi connectivity index (χ0v) is 12.1. The van der Waals surface area contributed by atoms with Gasteiger partial charge in [0, 0.05) is 9.86 Å². The lowest BCUT2D eigenvalue weighted by Crippen LogP contribution is -1.95. The van der Waals surface area contributed by atoms with Gasteiger partial charge in [-0.2, -0.15) is 5.10 Å². The highest BCUT2D eigenvalue weighted by atomic mass is 79.9. The summed E-state index contributed by atoms with van der Waals surface area (Å²) in [6, 6.07) is 15.7. The van der Waals surface area contributed by atoms with E-state index >= 15 is 0 Å². The van der Waals surface area contributed by atoms with E-state index < -0.39 is 0 Å². The largest absolute Gasteiger partial charge is 0.261 e. The van der Waals surface area contributed by atoms with Crippen LogP contribution in [0.1, 0.15) is 5.56 Å². The van der Waals surface area contributed by atoms with Crippen molar-refractivity contribution in [1.82, 2.24) is 9.97 Å². The number of aromatic nitrogens is 2. The fraction of sp³-hybridized carbons (Fsp3) is 0. The van der Waals surface area contributed by atoms with Crippen LogP contribution < -0.4 is 5.43 Å². The molecule has 0 fully saturated rings. The topological polar surface area (TPSA) is 50.2 Å². The Balaban J connectivity index is 1.81. The SMILES string of the molecule is Brc1ccc(C=NNc2ncnc3ccccc23)cc1. The average molecular weight is 327 g/mol. The second-order valence-corrected chi connectivity index (χ2v) is 5.08. The van der Waals surface area contributed by atoms with Crippen molar-refractivity contribution in [2.75, 3.05) is 5.43 Å². The molecule has 0 amide bonds. The first-order chi connectivity index (χ1) is 9.83. The third-order valence-electron chi connectivity index (χ3n) is 2.80. The molecule has 0 unspecified atom stereocenters. The van der Waals surface area contributed by atoms with Crippen LogP contribution >= 0.6 is 15.9 Å². The number of para-hydroxylation sites is 1. The number of fused-ring (bicyclic) bond motifs is 1. The molecule has 0 aliphatic carbocycles. The Bertz CT molecular complexity index is 748. The van der Waals surface area contributed by atoms with Gasteiger partial charge in [-0.1, -0.05) is 40.2 Å². The Morgan fingerprint density at radius 3 is 2.65 bits per heavy atom. The van der Waals surface area contributed by atoms with Gasteiger partial charge >= 0.3 is 0 Å². The van der Waals surface area contributed by atoms with E-state index in [2.05, 4.69) is 36.4 Å². The minimum absolute atomic E-state index is 0.698. The molecule has 0 bridgehead atoms. The number of benzene rings is 2. The molecular formula is C15H11BrN4. The lowest BCUT2D eigenvalue weighted by atomic mass is 10.2. The van der Waals surface area contributed by atoms with Crippen molar-refractivity contribution < 1.29 is 0 Å². The molecule has 20 heavy (non-hydrogen) atoms. The van der Waals surface area contributed by atoms with Gasteiger partial charge in [-0.25, -0.2) is 9.97 Å². The van der Waals surface area contributed by atoms with Gasteiger partial charge in [-0.3, -0.25) is 5.43 Å². The second kappa shape index (κ2) is 5.79. The highest BCUT2D eigenvalue weighted by Gasteiger charge is 2.00. The molecule has 0 aliphatic rings. The Labute approximate surface area is 124 Å². The molecule has 5 heteroatoms. The van der Waals surface area contributed by atoms with Gasteiger partial charge in [0.1, 0.15) is 6.33 Å². The number of hydrogen-bond acceptors (Lipinski definition) is 4. The molecule has 1 N–H and O–H groups in total. The Hall–Kier alpha value is -2.27. The molecule has 0 aliphatic heterocycles. The first-order valence-corrected chi connectivity index (χ1v) is 6.86. The quantitative estimate of drug-likeness (QED) is 0.587. The van der Waals surface area contributed by atoms with Crippen LogP contribution in [0.25, 0.3) is 10.9 Å². The fourth-order valence-electron chi connectivity index (χ4n) is 1.81. The third-order valence-corrected chi connectivity index (χ3v) is 3.33. The van der Waals surface area contributed by atoms with Crippen molar-refractivity contribution >= 4 is 38.9 Å². The molecule has 0 saturated heterocycles. The van der Waals surface area contributed by atoms with Gasteiger partial charge in [-0.15, -0.1) is 0 Å². The number of halogens is 1. The van der Waals surface area contributed by atoms with E-state index in [0.717, 1.165) is 20.9 Å². The lowest BCUT2D eigenvalue weighted by Gasteiger charge is -2.03. The van der Waals surface area contributed by atoms with Gasteiger partial charge in [-0.05, 0) is 29.8 Å². The fourth-order valence-corrected chi connectivity index (χ4v) is 2.08. The van der Waals surface area contributed by atoms with Crippen LogP contribution in [0.15, 0.2) is 64.4 Å². The Morgan fingerprint density at radius 2 is 1.80 bits per heavy atom. The standard InChI is InChI=1S/C15H11BrN4/c16-12-7-5-11(6-8-12)9-19-20-15-13-3-1-2-4-14(13)17-10-18-15/h1-10H,(H,17,18,20). The summed E-state index contributed by atoms with van der Waals surface area (Å²) >= 11 is 3.40. The molecule has 0 radical (unpaired) electrons.